The first-order chi connectivity index (χ1) is 7.77. The smallest absolute Gasteiger partial charge is 0.222 e. The SMILES string of the molecule is CCCCN(CCCC)C(=O)CC1CNC1. The second kappa shape index (κ2) is 7.66. The minimum atomic E-state index is 0.369. The van der Waals surface area contributed by atoms with Crippen LogP contribution in [0.1, 0.15) is 46.0 Å². The largest absolute Gasteiger partial charge is 0.343 e. The molecule has 1 aliphatic rings. The molecule has 0 unspecified atom stereocenters. The summed E-state index contributed by atoms with van der Waals surface area (Å²) in [5, 5.41) is 3.22. The van der Waals surface area contributed by atoms with Crippen LogP contribution < -0.4 is 5.32 Å². The summed E-state index contributed by atoms with van der Waals surface area (Å²) in [7, 11) is 0. The van der Waals surface area contributed by atoms with Gasteiger partial charge in [-0.3, -0.25) is 4.79 Å². The molecule has 1 saturated heterocycles. The van der Waals surface area contributed by atoms with Crippen molar-refractivity contribution in [3.05, 3.63) is 0 Å². The van der Waals surface area contributed by atoms with Crippen LogP contribution in [0.25, 0.3) is 0 Å². The van der Waals surface area contributed by atoms with Crippen LogP contribution in [0.3, 0.4) is 0 Å². The summed E-state index contributed by atoms with van der Waals surface area (Å²) in [5.74, 6) is 0.964. The van der Waals surface area contributed by atoms with Crippen LogP contribution in [-0.2, 0) is 4.79 Å². The van der Waals surface area contributed by atoms with Crippen LogP contribution in [-0.4, -0.2) is 37.0 Å². The van der Waals surface area contributed by atoms with E-state index in [4.69, 9.17) is 0 Å². The summed E-state index contributed by atoms with van der Waals surface area (Å²) in [6.45, 7) is 8.32. The van der Waals surface area contributed by atoms with Gasteiger partial charge in [0.2, 0.25) is 5.91 Å². The van der Waals surface area contributed by atoms with Gasteiger partial charge in [0.05, 0.1) is 0 Å². The fourth-order valence-electron chi connectivity index (χ4n) is 1.93. The van der Waals surface area contributed by atoms with Crippen molar-refractivity contribution >= 4 is 5.91 Å². The highest BCUT2D eigenvalue weighted by Crippen LogP contribution is 2.11. The van der Waals surface area contributed by atoms with Crippen LogP contribution in [0.15, 0.2) is 0 Å². The predicted octanol–water partition coefficient (Wildman–Crippen LogP) is 2.02. The van der Waals surface area contributed by atoms with Crippen molar-refractivity contribution in [3.63, 3.8) is 0 Å². The lowest BCUT2D eigenvalue weighted by Crippen LogP contribution is -2.45. The van der Waals surface area contributed by atoms with E-state index in [0.717, 1.165) is 45.4 Å². The fourth-order valence-corrected chi connectivity index (χ4v) is 1.93. The van der Waals surface area contributed by atoms with Gasteiger partial charge >= 0.3 is 0 Å². The molecule has 0 aromatic heterocycles. The summed E-state index contributed by atoms with van der Waals surface area (Å²) in [5.41, 5.74) is 0. The first kappa shape index (κ1) is 13.5. The molecule has 0 radical (unpaired) electrons. The molecule has 16 heavy (non-hydrogen) atoms. The van der Waals surface area contributed by atoms with Crippen LogP contribution in [0.2, 0.25) is 0 Å². The number of carbonyl (C=O) groups is 1. The average Bonchev–Trinajstić information content (AvgIpc) is 2.23. The third-order valence-electron chi connectivity index (χ3n) is 3.25. The molecule has 0 aromatic carbocycles. The second-order valence-electron chi connectivity index (χ2n) is 4.82. The zero-order chi connectivity index (χ0) is 11.8. The Morgan fingerprint density at radius 1 is 1.19 bits per heavy atom. The quantitative estimate of drug-likeness (QED) is 0.687. The van der Waals surface area contributed by atoms with E-state index in [-0.39, 0.29) is 0 Å². The number of nitrogens with zero attached hydrogens (tertiary/aromatic N) is 1. The standard InChI is InChI=1S/C13H26N2O/c1-3-5-7-15(8-6-4-2)13(16)9-12-10-14-11-12/h12,14H,3-11H2,1-2H3. The molecular formula is C13H26N2O. The molecule has 0 saturated carbocycles. The number of nitrogens with one attached hydrogen (secondary N) is 1. The Kier molecular flexibility index (Phi) is 6.46. The molecule has 1 N–H and O–H groups in total. The highest BCUT2D eigenvalue weighted by Gasteiger charge is 2.22. The molecule has 1 rings (SSSR count). The summed E-state index contributed by atoms with van der Waals surface area (Å²) in [6.07, 6.45) is 5.36. The van der Waals surface area contributed by atoms with E-state index in [1.54, 1.807) is 0 Å². The number of hydrogen-bond acceptors (Lipinski definition) is 2. The Labute approximate surface area is 99.6 Å². The van der Waals surface area contributed by atoms with Crippen LogP contribution in [0, 0.1) is 5.92 Å². The van der Waals surface area contributed by atoms with E-state index in [0.29, 0.717) is 11.8 Å². The molecule has 1 heterocycles. The maximum atomic E-state index is 12.1. The van der Waals surface area contributed by atoms with Crippen LogP contribution >= 0.6 is 0 Å². The molecule has 1 fully saturated rings. The van der Waals surface area contributed by atoms with Gasteiger partial charge < -0.3 is 10.2 Å². The topological polar surface area (TPSA) is 32.3 Å². The highest BCUT2D eigenvalue weighted by atomic mass is 16.2. The zero-order valence-corrected chi connectivity index (χ0v) is 10.8. The van der Waals surface area contributed by atoms with Crippen LogP contribution in [0.5, 0.6) is 0 Å². The first-order valence-corrected chi connectivity index (χ1v) is 6.76. The summed E-state index contributed by atoms with van der Waals surface area (Å²) < 4.78 is 0. The molecule has 0 atom stereocenters. The number of unbranched alkanes of at least 4 members (excludes halogenated alkanes) is 2. The van der Waals surface area contributed by atoms with Crippen molar-refractivity contribution in [2.45, 2.75) is 46.0 Å². The number of rotatable bonds is 8. The third-order valence-corrected chi connectivity index (χ3v) is 3.25. The number of hydrogen-bond donors (Lipinski definition) is 1. The molecule has 0 aromatic rings. The van der Waals surface area contributed by atoms with Gasteiger partial charge in [-0.1, -0.05) is 26.7 Å². The molecule has 0 spiro atoms. The third kappa shape index (κ3) is 4.52. The number of amides is 1. The molecule has 0 bridgehead atoms. The van der Waals surface area contributed by atoms with Crippen molar-refractivity contribution in [1.82, 2.24) is 10.2 Å². The molecule has 3 heteroatoms. The van der Waals surface area contributed by atoms with Crippen molar-refractivity contribution in [2.24, 2.45) is 5.92 Å². The second-order valence-corrected chi connectivity index (χ2v) is 4.82. The lowest BCUT2D eigenvalue weighted by Gasteiger charge is -2.30. The molecule has 94 valence electrons. The molecule has 0 aliphatic carbocycles. The predicted molar refractivity (Wildman–Crippen MR) is 67.4 cm³/mol. The first-order valence-electron chi connectivity index (χ1n) is 6.76. The summed E-state index contributed by atoms with van der Waals surface area (Å²) in [4.78, 5) is 14.1. The van der Waals surface area contributed by atoms with Crippen molar-refractivity contribution in [1.29, 1.82) is 0 Å². The van der Waals surface area contributed by atoms with Crippen molar-refractivity contribution in [3.8, 4) is 0 Å². The van der Waals surface area contributed by atoms with Gasteiger partial charge in [0, 0.05) is 19.5 Å². The van der Waals surface area contributed by atoms with E-state index in [2.05, 4.69) is 24.1 Å². The Morgan fingerprint density at radius 3 is 2.12 bits per heavy atom. The van der Waals surface area contributed by atoms with Gasteiger partial charge in [-0.25, -0.2) is 0 Å². The highest BCUT2D eigenvalue weighted by molar-refractivity contribution is 5.76. The lowest BCUT2D eigenvalue weighted by atomic mass is 9.98. The van der Waals surface area contributed by atoms with Gasteiger partial charge in [-0.05, 0) is 31.8 Å². The fraction of sp³-hybridized carbons (Fsp3) is 0.923. The average molecular weight is 226 g/mol. The van der Waals surface area contributed by atoms with Crippen molar-refractivity contribution < 1.29 is 4.79 Å². The Hall–Kier alpha value is -0.570. The van der Waals surface area contributed by atoms with Gasteiger partial charge in [0.1, 0.15) is 0 Å². The minimum absolute atomic E-state index is 0.369. The monoisotopic (exact) mass is 226 g/mol. The van der Waals surface area contributed by atoms with E-state index >= 15 is 0 Å². The molecule has 1 aliphatic heterocycles. The molecule has 3 nitrogen and oxygen atoms in total. The Balaban J connectivity index is 2.29. The number of carbonyl (C=O) groups excluding carboxylic acids is 1. The minimum Gasteiger partial charge on any atom is -0.343 e. The summed E-state index contributed by atoms with van der Waals surface area (Å²) >= 11 is 0. The van der Waals surface area contributed by atoms with E-state index in [9.17, 15) is 4.79 Å². The van der Waals surface area contributed by atoms with Gasteiger partial charge in [-0.15, -0.1) is 0 Å². The van der Waals surface area contributed by atoms with Gasteiger partial charge in [-0.2, -0.15) is 0 Å². The van der Waals surface area contributed by atoms with E-state index in [1.165, 1.54) is 12.8 Å². The van der Waals surface area contributed by atoms with E-state index < -0.39 is 0 Å². The molecular weight excluding hydrogens is 200 g/mol. The summed E-state index contributed by atoms with van der Waals surface area (Å²) in [6, 6.07) is 0. The Morgan fingerprint density at radius 2 is 1.75 bits per heavy atom. The maximum absolute atomic E-state index is 12.1. The normalized spacial score (nSPS) is 15.9. The zero-order valence-electron chi connectivity index (χ0n) is 10.8. The Bertz CT molecular complexity index is 194. The van der Waals surface area contributed by atoms with Gasteiger partial charge in [0.25, 0.3) is 0 Å². The van der Waals surface area contributed by atoms with E-state index in [1.807, 2.05) is 0 Å². The van der Waals surface area contributed by atoms with Gasteiger partial charge in [0.15, 0.2) is 0 Å². The van der Waals surface area contributed by atoms with Crippen molar-refractivity contribution in [2.75, 3.05) is 26.2 Å². The van der Waals surface area contributed by atoms with Crippen LogP contribution in [0.4, 0.5) is 0 Å². The maximum Gasteiger partial charge on any atom is 0.222 e. The molecule has 1 amide bonds. The lowest BCUT2D eigenvalue weighted by molar-refractivity contribution is -0.132.